The Balaban J connectivity index is 1.60. The molecule has 0 spiro atoms. The van der Waals surface area contributed by atoms with Crippen molar-refractivity contribution in [1.82, 2.24) is 4.90 Å². The zero-order valence-corrected chi connectivity index (χ0v) is 15.0. The molecule has 1 amide bonds. The Morgan fingerprint density at radius 2 is 2.12 bits per heavy atom. The summed E-state index contributed by atoms with van der Waals surface area (Å²) in [6.45, 7) is -2.73. The smallest absolute Gasteiger partial charge is 0.387 e. The van der Waals surface area contributed by atoms with E-state index in [4.69, 9.17) is 11.6 Å². The number of ether oxygens (including phenoxy) is 1. The fourth-order valence-electron chi connectivity index (χ4n) is 3.30. The van der Waals surface area contributed by atoms with Gasteiger partial charge in [-0.15, -0.1) is 0 Å². The molecule has 2 aromatic carbocycles. The van der Waals surface area contributed by atoms with Crippen LogP contribution in [0.5, 0.6) is 5.75 Å². The van der Waals surface area contributed by atoms with Crippen molar-refractivity contribution in [2.24, 2.45) is 0 Å². The van der Waals surface area contributed by atoms with E-state index in [9.17, 15) is 13.6 Å². The molecule has 1 N–H and O–H groups in total. The number of nitrogens with one attached hydrogen (secondary N) is 1. The minimum atomic E-state index is -2.95. The van der Waals surface area contributed by atoms with Gasteiger partial charge < -0.3 is 10.1 Å². The van der Waals surface area contributed by atoms with Crippen molar-refractivity contribution >= 4 is 23.2 Å². The first kappa shape index (κ1) is 18.6. The van der Waals surface area contributed by atoms with Gasteiger partial charge in [-0.1, -0.05) is 35.9 Å². The van der Waals surface area contributed by atoms with Crippen molar-refractivity contribution in [3.63, 3.8) is 0 Å². The molecule has 0 heterocycles. The van der Waals surface area contributed by atoms with E-state index in [0.29, 0.717) is 5.69 Å². The van der Waals surface area contributed by atoms with Crippen LogP contribution in [0.2, 0.25) is 5.02 Å². The molecule has 0 aliphatic heterocycles. The van der Waals surface area contributed by atoms with Gasteiger partial charge in [-0.3, -0.25) is 9.69 Å². The SMILES string of the molecule is CN(CC(=O)Nc1ccc(OC(F)F)c(Cl)c1)[C@@H]1CCc2ccccc21. The average molecular weight is 381 g/mol. The summed E-state index contributed by atoms with van der Waals surface area (Å²) in [6, 6.07) is 12.6. The number of benzene rings is 2. The number of anilines is 1. The molecule has 1 aliphatic rings. The fourth-order valence-corrected chi connectivity index (χ4v) is 3.52. The molecule has 0 aromatic heterocycles. The van der Waals surface area contributed by atoms with Gasteiger partial charge in [0.2, 0.25) is 5.91 Å². The summed E-state index contributed by atoms with van der Waals surface area (Å²) in [7, 11) is 1.92. The molecule has 138 valence electrons. The second-order valence-corrected chi connectivity index (χ2v) is 6.65. The maximum absolute atomic E-state index is 12.3. The molecule has 0 saturated heterocycles. The second-order valence-electron chi connectivity index (χ2n) is 6.24. The number of carbonyl (C=O) groups excluding carboxylic acids is 1. The quantitative estimate of drug-likeness (QED) is 0.802. The zero-order valence-electron chi connectivity index (χ0n) is 14.2. The van der Waals surface area contributed by atoms with Crippen LogP contribution in [0.4, 0.5) is 14.5 Å². The molecule has 7 heteroatoms. The third-order valence-electron chi connectivity index (χ3n) is 4.46. The highest BCUT2D eigenvalue weighted by atomic mass is 35.5. The summed E-state index contributed by atoms with van der Waals surface area (Å²) in [5.74, 6) is -0.324. The molecule has 0 saturated carbocycles. The molecule has 0 fully saturated rings. The number of carbonyl (C=O) groups is 1. The minimum absolute atomic E-state index is 0.0150. The van der Waals surface area contributed by atoms with E-state index in [1.165, 1.54) is 29.3 Å². The predicted molar refractivity (Wildman–Crippen MR) is 96.8 cm³/mol. The highest BCUT2D eigenvalue weighted by molar-refractivity contribution is 6.32. The van der Waals surface area contributed by atoms with E-state index < -0.39 is 6.61 Å². The summed E-state index contributed by atoms with van der Waals surface area (Å²) in [5.41, 5.74) is 3.02. The van der Waals surface area contributed by atoms with Crippen molar-refractivity contribution in [2.45, 2.75) is 25.5 Å². The highest BCUT2D eigenvalue weighted by Gasteiger charge is 2.26. The number of alkyl halides is 2. The molecular formula is C19H19ClF2N2O2. The molecule has 0 radical (unpaired) electrons. The van der Waals surface area contributed by atoms with Crippen molar-refractivity contribution in [1.29, 1.82) is 0 Å². The number of halogens is 3. The Kier molecular flexibility index (Phi) is 5.74. The number of nitrogens with zero attached hydrogens (tertiary/aromatic N) is 1. The van der Waals surface area contributed by atoms with Crippen molar-refractivity contribution < 1.29 is 18.3 Å². The van der Waals surface area contributed by atoms with Gasteiger partial charge in [0.25, 0.3) is 0 Å². The topological polar surface area (TPSA) is 41.6 Å². The molecule has 26 heavy (non-hydrogen) atoms. The fraction of sp³-hybridized carbons (Fsp3) is 0.316. The molecule has 3 rings (SSSR count). The Labute approximate surface area is 155 Å². The number of likely N-dealkylation sites (N-methyl/N-ethyl adjacent to an activating group) is 1. The average Bonchev–Trinajstić information content (AvgIpc) is 3.01. The first-order chi connectivity index (χ1) is 12.4. The van der Waals surface area contributed by atoms with E-state index in [2.05, 4.69) is 22.2 Å². The standard InChI is InChI=1S/C19H19ClF2N2O2/c1-24(16-8-6-12-4-2-3-5-14(12)16)11-18(25)23-13-7-9-17(15(20)10-13)26-19(21)22/h2-5,7,9-10,16,19H,6,8,11H2,1H3,(H,23,25)/t16-/m1/s1. The molecule has 0 bridgehead atoms. The molecule has 0 unspecified atom stereocenters. The van der Waals surface area contributed by atoms with Gasteiger partial charge in [-0.25, -0.2) is 0 Å². The van der Waals surface area contributed by atoms with Gasteiger partial charge in [-0.05, 0) is 49.2 Å². The van der Waals surface area contributed by atoms with E-state index in [0.717, 1.165) is 12.8 Å². The maximum atomic E-state index is 12.3. The number of rotatable bonds is 6. The lowest BCUT2D eigenvalue weighted by Crippen LogP contribution is -2.32. The number of aryl methyl sites for hydroxylation is 1. The summed E-state index contributed by atoms with van der Waals surface area (Å²) in [6.07, 6.45) is 1.99. The van der Waals surface area contributed by atoms with Crippen molar-refractivity contribution in [3.05, 3.63) is 58.6 Å². The number of hydrogen-bond donors (Lipinski definition) is 1. The van der Waals surface area contributed by atoms with Crippen LogP contribution in [-0.4, -0.2) is 31.0 Å². The number of fused-ring (bicyclic) bond motifs is 1. The van der Waals surface area contributed by atoms with Crippen LogP contribution >= 0.6 is 11.6 Å². The van der Waals surface area contributed by atoms with Crippen LogP contribution in [0, 0.1) is 0 Å². The third-order valence-corrected chi connectivity index (χ3v) is 4.75. The predicted octanol–water partition coefficient (Wildman–Crippen LogP) is 4.50. The molecular weight excluding hydrogens is 362 g/mol. The summed E-state index contributed by atoms with van der Waals surface area (Å²) in [4.78, 5) is 14.3. The maximum Gasteiger partial charge on any atom is 0.387 e. The zero-order chi connectivity index (χ0) is 18.7. The first-order valence-electron chi connectivity index (χ1n) is 8.26. The Morgan fingerprint density at radius 1 is 1.35 bits per heavy atom. The normalized spacial score (nSPS) is 16.0. The minimum Gasteiger partial charge on any atom is -0.433 e. The van der Waals surface area contributed by atoms with Crippen LogP contribution in [0.15, 0.2) is 42.5 Å². The summed E-state index contributed by atoms with van der Waals surface area (Å²) in [5, 5.41) is 2.75. The van der Waals surface area contributed by atoms with Gasteiger partial charge >= 0.3 is 6.61 Å². The third kappa shape index (κ3) is 4.31. The molecule has 1 aliphatic carbocycles. The van der Waals surface area contributed by atoms with Gasteiger partial charge in [0.1, 0.15) is 5.75 Å². The van der Waals surface area contributed by atoms with Crippen LogP contribution in [-0.2, 0) is 11.2 Å². The Hall–Kier alpha value is -2.18. The van der Waals surface area contributed by atoms with E-state index in [1.54, 1.807) is 0 Å². The monoisotopic (exact) mass is 380 g/mol. The molecule has 2 aromatic rings. The van der Waals surface area contributed by atoms with Crippen molar-refractivity contribution in [2.75, 3.05) is 18.9 Å². The summed E-state index contributed by atoms with van der Waals surface area (Å²) >= 11 is 5.90. The van der Waals surface area contributed by atoms with E-state index in [1.807, 2.05) is 24.1 Å². The molecule has 1 atom stereocenters. The van der Waals surface area contributed by atoms with Crippen LogP contribution in [0.25, 0.3) is 0 Å². The largest absolute Gasteiger partial charge is 0.433 e. The summed E-state index contributed by atoms with van der Waals surface area (Å²) < 4.78 is 28.8. The highest BCUT2D eigenvalue weighted by Crippen LogP contribution is 2.34. The lowest BCUT2D eigenvalue weighted by molar-refractivity contribution is -0.117. The Bertz CT molecular complexity index is 801. The lowest BCUT2D eigenvalue weighted by Gasteiger charge is -2.24. The van der Waals surface area contributed by atoms with E-state index >= 15 is 0 Å². The number of amides is 1. The van der Waals surface area contributed by atoms with Crippen LogP contribution in [0.1, 0.15) is 23.6 Å². The van der Waals surface area contributed by atoms with Gasteiger partial charge in [-0.2, -0.15) is 8.78 Å². The van der Waals surface area contributed by atoms with Crippen molar-refractivity contribution in [3.8, 4) is 5.75 Å². The van der Waals surface area contributed by atoms with Gasteiger partial charge in [0, 0.05) is 11.7 Å². The number of hydrogen-bond acceptors (Lipinski definition) is 3. The first-order valence-corrected chi connectivity index (χ1v) is 8.64. The van der Waals surface area contributed by atoms with Gasteiger partial charge in [0.15, 0.2) is 0 Å². The van der Waals surface area contributed by atoms with Crippen LogP contribution in [0.3, 0.4) is 0 Å². The van der Waals surface area contributed by atoms with E-state index in [-0.39, 0.29) is 29.3 Å². The Morgan fingerprint density at radius 3 is 2.85 bits per heavy atom. The van der Waals surface area contributed by atoms with Crippen LogP contribution < -0.4 is 10.1 Å². The molecule has 4 nitrogen and oxygen atoms in total. The van der Waals surface area contributed by atoms with Gasteiger partial charge in [0.05, 0.1) is 11.6 Å². The lowest BCUT2D eigenvalue weighted by atomic mass is 10.1. The second kappa shape index (κ2) is 8.01.